The summed E-state index contributed by atoms with van der Waals surface area (Å²) in [6, 6.07) is 14.3. The maximum Gasteiger partial charge on any atom is 0.241 e. The predicted molar refractivity (Wildman–Crippen MR) is 92.5 cm³/mol. The first-order valence-corrected chi connectivity index (χ1v) is 7.80. The summed E-state index contributed by atoms with van der Waals surface area (Å²) in [5.41, 5.74) is 1.68. The van der Waals surface area contributed by atoms with Crippen molar-refractivity contribution in [3.63, 3.8) is 0 Å². The molecule has 2 N–H and O–H groups in total. The zero-order valence-corrected chi connectivity index (χ0v) is 13.9. The van der Waals surface area contributed by atoms with Crippen LogP contribution in [0.15, 0.2) is 48.5 Å². The standard InChI is InChI=1S/C17H18Cl2N2O/c1-11(15-9-8-13(18)10-16(15)19)20-12(2)17(22)21-14-6-4-3-5-7-14/h3-12,20H,1-2H3,(H,21,22)/t11-,12+/m1/s1. The van der Waals surface area contributed by atoms with E-state index in [1.165, 1.54) is 0 Å². The molecule has 3 nitrogen and oxygen atoms in total. The Hall–Kier alpha value is -1.55. The minimum absolute atomic E-state index is 0.0682. The molecule has 0 aromatic heterocycles. The van der Waals surface area contributed by atoms with Crippen LogP contribution in [0.2, 0.25) is 10.0 Å². The Morgan fingerprint density at radius 3 is 2.36 bits per heavy atom. The van der Waals surface area contributed by atoms with Crippen molar-refractivity contribution in [2.45, 2.75) is 25.9 Å². The van der Waals surface area contributed by atoms with E-state index in [0.717, 1.165) is 11.3 Å². The fourth-order valence-electron chi connectivity index (χ4n) is 2.17. The monoisotopic (exact) mass is 336 g/mol. The fraction of sp³-hybridized carbons (Fsp3) is 0.235. The van der Waals surface area contributed by atoms with Crippen LogP contribution in [-0.4, -0.2) is 11.9 Å². The van der Waals surface area contributed by atoms with Crippen molar-refractivity contribution in [1.82, 2.24) is 5.32 Å². The molecule has 0 unspecified atom stereocenters. The second-order valence-corrected chi connectivity index (χ2v) is 5.97. The van der Waals surface area contributed by atoms with Gasteiger partial charge >= 0.3 is 0 Å². The quantitative estimate of drug-likeness (QED) is 0.832. The lowest BCUT2D eigenvalue weighted by Gasteiger charge is -2.21. The zero-order chi connectivity index (χ0) is 16.1. The predicted octanol–water partition coefficient (Wildman–Crippen LogP) is 4.67. The summed E-state index contributed by atoms with van der Waals surface area (Å²) in [6.45, 7) is 3.78. The number of rotatable bonds is 5. The van der Waals surface area contributed by atoms with Crippen LogP contribution < -0.4 is 10.6 Å². The molecule has 0 aliphatic heterocycles. The average Bonchev–Trinajstić information content (AvgIpc) is 2.47. The van der Waals surface area contributed by atoms with E-state index in [4.69, 9.17) is 23.2 Å². The molecule has 116 valence electrons. The largest absolute Gasteiger partial charge is 0.325 e. The number of hydrogen-bond acceptors (Lipinski definition) is 2. The van der Waals surface area contributed by atoms with E-state index in [1.807, 2.05) is 50.2 Å². The molecule has 0 spiro atoms. The summed E-state index contributed by atoms with van der Waals surface area (Å²) in [5, 5.41) is 7.28. The molecule has 2 aromatic rings. The second-order valence-electron chi connectivity index (χ2n) is 5.13. The van der Waals surface area contributed by atoms with Gasteiger partial charge in [0.05, 0.1) is 6.04 Å². The number of amides is 1. The van der Waals surface area contributed by atoms with Crippen LogP contribution in [0.25, 0.3) is 0 Å². The molecule has 0 heterocycles. The molecule has 0 radical (unpaired) electrons. The van der Waals surface area contributed by atoms with Crippen LogP contribution in [-0.2, 0) is 4.79 Å². The Morgan fingerprint density at radius 2 is 1.73 bits per heavy atom. The third-order valence-corrected chi connectivity index (χ3v) is 3.93. The van der Waals surface area contributed by atoms with Gasteiger partial charge in [-0.2, -0.15) is 0 Å². The van der Waals surface area contributed by atoms with Crippen molar-refractivity contribution in [1.29, 1.82) is 0 Å². The summed E-state index contributed by atoms with van der Waals surface area (Å²) >= 11 is 12.1. The highest BCUT2D eigenvalue weighted by Crippen LogP contribution is 2.26. The SMILES string of the molecule is C[C@H](N[C@H](C)c1ccc(Cl)cc1Cl)C(=O)Nc1ccccc1. The lowest BCUT2D eigenvalue weighted by Crippen LogP contribution is -2.39. The van der Waals surface area contributed by atoms with Gasteiger partial charge in [-0.15, -0.1) is 0 Å². The molecule has 0 saturated carbocycles. The number of para-hydroxylation sites is 1. The summed E-state index contributed by atoms with van der Waals surface area (Å²) in [6.07, 6.45) is 0. The van der Waals surface area contributed by atoms with Gasteiger partial charge in [-0.3, -0.25) is 10.1 Å². The molecule has 2 aromatic carbocycles. The number of anilines is 1. The van der Waals surface area contributed by atoms with Crippen LogP contribution in [0, 0.1) is 0 Å². The number of benzene rings is 2. The number of hydrogen-bond donors (Lipinski definition) is 2. The highest BCUT2D eigenvalue weighted by Gasteiger charge is 2.18. The normalized spacial score (nSPS) is 13.5. The maximum absolute atomic E-state index is 12.2. The van der Waals surface area contributed by atoms with Crippen LogP contribution in [0.4, 0.5) is 5.69 Å². The van der Waals surface area contributed by atoms with Gasteiger partial charge in [0.1, 0.15) is 0 Å². The number of nitrogens with one attached hydrogen (secondary N) is 2. The van der Waals surface area contributed by atoms with Gasteiger partial charge < -0.3 is 5.32 Å². The number of halogens is 2. The smallest absolute Gasteiger partial charge is 0.241 e. The van der Waals surface area contributed by atoms with Gasteiger partial charge in [0.2, 0.25) is 5.91 Å². The Morgan fingerprint density at radius 1 is 1.05 bits per heavy atom. The summed E-state index contributed by atoms with van der Waals surface area (Å²) in [5.74, 6) is -0.0943. The van der Waals surface area contributed by atoms with E-state index in [9.17, 15) is 4.79 Å². The highest BCUT2D eigenvalue weighted by atomic mass is 35.5. The molecular formula is C17H18Cl2N2O. The summed E-state index contributed by atoms with van der Waals surface area (Å²) < 4.78 is 0. The minimum atomic E-state index is -0.359. The molecule has 22 heavy (non-hydrogen) atoms. The molecule has 2 atom stereocenters. The van der Waals surface area contributed by atoms with Crippen molar-refractivity contribution in [3.8, 4) is 0 Å². The van der Waals surface area contributed by atoms with Crippen LogP contribution in [0.3, 0.4) is 0 Å². The molecule has 0 aliphatic carbocycles. The first-order chi connectivity index (χ1) is 10.5. The van der Waals surface area contributed by atoms with Gasteiger partial charge in [0.25, 0.3) is 0 Å². The van der Waals surface area contributed by atoms with E-state index in [-0.39, 0.29) is 18.0 Å². The second kappa shape index (κ2) is 7.63. The Kier molecular flexibility index (Phi) is 5.83. The first-order valence-electron chi connectivity index (χ1n) is 7.04. The molecule has 1 amide bonds. The van der Waals surface area contributed by atoms with Gasteiger partial charge in [0, 0.05) is 21.8 Å². The van der Waals surface area contributed by atoms with E-state index >= 15 is 0 Å². The molecule has 2 rings (SSSR count). The molecule has 0 fully saturated rings. The van der Waals surface area contributed by atoms with Crippen molar-refractivity contribution in [2.75, 3.05) is 5.32 Å². The maximum atomic E-state index is 12.2. The lowest BCUT2D eigenvalue weighted by molar-refractivity contribution is -0.117. The number of carbonyl (C=O) groups excluding carboxylic acids is 1. The van der Waals surface area contributed by atoms with E-state index in [1.54, 1.807) is 12.1 Å². The van der Waals surface area contributed by atoms with Crippen LogP contribution in [0.5, 0.6) is 0 Å². The average molecular weight is 337 g/mol. The molecule has 0 saturated heterocycles. The third-order valence-electron chi connectivity index (χ3n) is 3.36. The third kappa shape index (κ3) is 4.47. The molecule has 0 aliphatic rings. The lowest BCUT2D eigenvalue weighted by atomic mass is 10.1. The Labute approximate surface area is 140 Å². The zero-order valence-electron chi connectivity index (χ0n) is 12.4. The molecule has 0 bridgehead atoms. The molecular weight excluding hydrogens is 319 g/mol. The van der Waals surface area contributed by atoms with Gasteiger partial charge in [0.15, 0.2) is 0 Å². The molecule has 5 heteroatoms. The minimum Gasteiger partial charge on any atom is -0.325 e. The summed E-state index contributed by atoms with van der Waals surface area (Å²) in [7, 11) is 0. The van der Waals surface area contributed by atoms with Crippen LogP contribution >= 0.6 is 23.2 Å². The van der Waals surface area contributed by atoms with Crippen molar-refractivity contribution in [2.24, 2.45) is 0 Å². The van der Waals surface area contributed by atoms with Gasteiger partial charge in [-0.25, -0.2) is 0 Å². The van der Waals surface area contributed by atoms with Crippen molar-refractivity contribution < 1.29 is 4.79 Å². The number of carbonyl (C=O) groups is 1. The van der Waals surface area contributed by atoms with Crippen LogP contribution in [0.1, 0.15) is 25.5 Å². The Balaban J connectivity index is 1.98. The van der Waals surface area contributed by atoms with E-state index in [0.29, 0.717) is 10.0 Å². The Bertz CT molecular complexity index is 646. The van der Waals surface area contributed by atoms with Crippen molar-refractivity contribution >= 4 is 34.8 Å². The van der Waals surface area contributed by atoms with Gasteiger partial charge in [-0.05, 0) is 43.7 Å². The van der Waals surface area contributed by atoms with Crippen molar-refractivity contribution in [3.05, 3.63) is 64.1 Å². The fourth-order valence-corrected chi connectivity index (χ4v) is 2.74. The summed E-state index contributed by atoms with van der Waals surface area (Å²) in [4.78, 5) is 12.2. The van der Waals surface area contributed by atoms with E-state index in [2.05, 4.69) is 10.6 Å². The first kappa shape index (κ1) is 16.8. The van der Waals surface area contributed by atoms with E-state index < -0.39 is 0 Å². The highest BCUT2D eigenvalue weighted by molar-refractivity contribution is 6.35. The van der Waals surface area contributed by atoms with Gasteiger partial charge in [-0.1, -0.05) is 47.5 Å². The topological polar surface area (TPSA) is 41.1 Å².